The molecule has 15 heteroatoms. The van der Waals surface area contributed by atoms with E-state index in [2.05, 4.69) is 48.3 Å². The Hall–Kier alpha value is -3.98. The lowest BCUT2D eigenvalue weighted by molar-refractivity contribution is 0.0739. The second kappa shape index (κ2) is 14.2. The molecule has 11 N–H and O–H groups in total. The molecule has 0 radical (unpaired) electrons. The summed E-state index contributed by atoms with van der Waals surface area (Å²) in [7, 11) is 0. The molecule has 46 heavy (non-hydrogen) atoms. The number of nitrogens with one attached hydrogen (secondary N) is 4. The van der Waals surface area contributed by atoms with E-state index in [0.717, 1.165) is 12.8 Å². The summed E-state index contributed by atoms with van der Waals surface area (Å²) in [5, 5.41) is 47.5. The summed E-state index contributed by atoms with van der Waals surface area (Å²) < 4.78 is 0. The van der Waals surface area contributed by atoms with Crippen molar-refractivity contribution in [2.24, 2.45) is 27.5 Å². The van der Waals surface area contributed by atoms with Crippen molar-refractivity contribution in [3.05, 3.63) is 23.5 Å². The van der Waals surface area contributed by atoms with Crippen LogP contribution in [0.3, 0.4) is 0 Å². The van der Waals surface area contributed by atoms with Crippen molar-refractivity contribution in [2.45, 2.75) is 128 Å². The van der Waals surface area contributed by atoms with Gasteiger partial charge >= 0.3 is 0 Å². The third-order valence-electron chi connectivity index (χ3n) is 8.13. The number of aliphatic imine (C=N–C) groups is 1. The van der Waals surface area contributed by atoms with E-state index in [1.165, 1.54) is 6.20 Å². The maximum atomic E-state index is 11.2. The molecule has 0 aromatic carbocycles. The number of hydrogen-bond donors (Lipinski definition) is 9. The third kappa shape index (κ3) is 9.52. The van der Waals surface area contributed by atoms with Crippen LogP contribution in [0.2, 0.25) is 0 Å². The molecule has 2 aliphatic carbocycles. The van der Waals surface area contributed by atoms with Crippen molar-refractivity contribution in [3.63, 3.8) is 0 Å². The van der Waals surface area contributed by atoms with E-state index in [1.807, 2.05) is 41.5 Å². The number of amidine groups is 2. The molecule has 2 heterocycles. The molecule has 2 saturated carbocycles. The summed E-state index contributed by atoms with van der Waals surface area (Å²) in [6.45, 7) is 14.1. The summed E-state index contributed by atoms with van der Waals surface area (Å²) in [6, 6.07) is -0.575. The zero-order valence-corrected chi connectivity index (χ0v) is 28.0. The number of aromatic nitrogens is 4. The van der Waals surface area contributed by atoms with Crippen LogP contribution >= 0.6 is 0 Å². The van der Waals surface area contributed by atoms with Crippen molar-refractivity contribution < 1.29 is 15.4 Å². The third-order valence-corrected chi connectivity index (χ3v) is 8.13. The molecule has 2 aliphatic rings. The van der Waals surface area contributed by atoms with Gasteiger partial charge in [0, 0.05) is 35.6 Å². The molecule has 2 aromatic rings. The predicted molar refractivity (Wildman–Crippen MR) is 182 cm³/mol. The van der Waals surface area contributed by atoms with E-state index in [9.17, 15) is 15.4 Å². The van der Waals surface area contributed by atoms with Gasteiger partial charge in [-0.05, 0) is 86.0 Å². The Balaban J connectivity index is 1.51. The lowest BCUT2D eigenvalue weighted by Crippen LogP contribution is -2.40. The molecule has 0 unspecified atom stereocenters. The molecular weight excluding hydrogens is 588 g/mol. The minimum Gasteiger partial charge on any atom is -0.409 e. The summed E-state index contributed by atoms with van der Waals surface area (Å²) in [5.41, 5.74) is 12.9. The Kier molecular flexibility index (Phi) is 10.8. The molecule has 0 amide bonds. The molecule has 2 fully saturated rings. The van der Waals surface area contributed by atoms with Crippen molar-refractivity contribution in [1.82, 2.24) is 19.9 Å². The van der Waals surface area contributed by atoms with Gasteiger partial charge in [0.2, 0.25) is 11.9 Å². The number of hydrogen-bond acceptors (Lipinski definition) is 13. The molecular formula is C31H52N12O3. The van der Waals surface area contributed by atoms with Gasteiger partial charge < -0.3 is 48.2 Å². The van der Waals surface area contributed by atoms with Crippen LogP contribution in [0.5, 0.6) is 0 Å². The van der Waals surface area contributed by atoms with E-state index < -0.39 is 12.1 Å². The number of oxime groups is 1. The van der Waals surface area contributed by atoms with Gasteiger partial charge in [-0.2, -0.15) is 9.97 Å². The van der Waals surface area contributed by atoms with E-state index in [1.54, 1.807) is 6.20 Å². The number of aliphatic hydroxyl groups excluding tert-OH is 2. The summed E-state index contributed by atoms with van der Waals surface area (Å²) in [4.78, 5) is 22.9. The van der Waals surface area contributed by atoms with Crippen LogP contribution in [0.4, 0.5) is 23.5 Å². The summed E-state index contributed by atoms with van der Waals surface area (Å²) in [5.74, 6) is 2.15. The first-order valence-corrected chi connectivity index (χ1v) is 16.0. The van der Waals surface area contributed by atoms with Gasteiger partial charge in [0.15, 0.2) is 5.84 Å². The van der Waals surface area contributed by atoms with E-state index >= 15 is 0 Å². The van der Waals surface area contributed by atoms with Gasteiger partial charge in [0.1, 0.15) is 17.5 Å². The predicted octanol–water partition coefficient (Wildman–Crippen LogP) is 2.84. The highest BCUT2D eigenvalue weighted by molar-refractivity contribution is 6.02. The summed E-state index contributed by atoms with van der Waals surface area (Å²) >= 11 is 0. The van der Waals surface area contributed by atoms with Crippen molar-refractivity contribution in [1.29, 1.82) is 0 Å². The van der Waals surface area contributed by atoms with Gasteiger partial charge in [-0.15, -0.1) is 0 Å². The zero-order chi connectivity index (χ0) is 33.8. The molecule has 0 aliphatic heterocycles. The zero-order valence-electron chi connectivity index (χ0n) is 28.0. The van der Waals surface area contributed by atoms with E-state index in [0.29, 0.717) is 60.3 Å². The smallest absolute Gasteiger partial charge is 0.225 e. The molecule has 15 nitrogen and oxygen atoms in total. The normalized spacial score (nSPS) is 26.4. The van der Waals surface area contributed by atoms with E-state index in [4.69, 9.17) is 21.4 Å². The minimum atomic E-state index is -0.791. The van der Waals surface area contributed by atoms with Crippen LogP contribution in [0, 0.1) is 5.92 Å². The molecule has 4 rings (SSSR count). The van der Waals surface area contributed by atoms with Crippen molar-refractivity contribution >= 4 is 35.2 Å². The molecule has 0 saturated heterocycles. The molecule has 0 spiro atoms. The van der Waals surface area contributed by atoms with Crippen LogP contribution in [-0.4, -0.2) is 88.4 Å². The Bertz CT molecular complexity index is 1400. The van der Waals surface area contributed by atoms with Crippen LogP contribution in [0.25, 0.3) is 0 Å². The lowest BCUT2D eigenvalue weighted by atomic mass is 9.85. The number of rotatable bonds is 9. The van der Waals surface area contributed by atoms with Crippen LogP contribution in [0.15, 0.2) is 22.5 Å². The number of anilines is 4. The Labute approximate surface area is 271 Å². The molecule has 254 valence electrons. The van der Waals surface area contributed by atoms with Crippen molar-refractivity contribution in [2.75, 3.05) is 21.3 Å². The SMILES string of the molecule is C[C@@H]1CC[C@@H](Nc2nc(NC(C)(C)C)ncc2C(N)=N[C@@H]2CC[C@@H](Nc3nc(NC(C)(C)C)ncc3/C(N)=N\O)C[C@H]2O)C[C@H]1O. The van der Waals surface area contributed by atoms with Gasteiger partial charge in [-0.1, -0.05) is 12.1 Å². The quantitative estimate of drug-likeness (QED) is 0.0830. The van der Waals surface area contributed by atoms with Crippen LogP contribution < -0.4 is 32.7 Å². The van der Waals surface area contributed by atoms with Gasteiger partial charge in [-0.25, -0.2) is 9.97 Å². The fraction of sp³-hybridized carbons (Fsp3) is 0.677. The topological polar surface area (TPSA) is 237 Å². The average Bonchev–Trinajstić information content (AvgIpc) is 2.94. The van der Waals surface area contributed by atoms with E-state index in [-0.39, 0.29) is 46.9 Å². The summed E-state index contributed by atoms with van der Waals surface area (Å²) in [6.07, 6.45) is 5.96. The molecule has 2 aromatic heterocycles. The van der Waals surface area contributed by atoms with Gasteiger partial charge in [0.25, 0.3) is 0 Å². The maximum Gasteiger partial charge on any atom is 0.225 e. The first-order valence-electron chi connectivity index (χ1n) is 16.0. The van der Waals surface area contributed by atoms with Crippen molar-refractivity contribution in [3.8, 4) is 0 Å². The molecule has 6 atom stereocenters. The largest absolute Gasteiger partial charge is 0.409 e. The number of nitrogens with two attached hydrogens (primary N) is 2. The fourth-order valence-corrected chi connectivity index (χ4v) is 5.68. The minimum absolute atomic E-state index is 0.0259. The highest BCUT2D eigenvalue weighted by atomic mass is 16.4. The molecule has 0 bridgehead atoms. The number of nitrogens with zero attached hydrogens (tertiary/aromatic N) is 6. The first kappa shape index (κ1) is 34.9. The second-order valence-corrected chi connectivity index (χ2v) is 14.6. The van der Waals surface area contributed by atoms with Gasteiger partial charge in [0.05, 0.1) is 29.4 Å². The van der Waals surface area contributed by atoms with Gasteiger partial charge in [-0.3, -0.25) is 4.99 Å². The average molecular weight is 641 g/mol. The van der Waals surface area contributed by atoms with Crippen LogP contribution in [0.1, 0.15) is 98.1 Å². The lowest BCUT2D eigenvalue weighted by Gasteiger charge is -2.33. The Morgan fingerprint density at radius 3 is 1.70 bits per heavy atom. The second-order valence-electron chi connectivity index (χ2n) is 14.6. The first-order chi connectivity index (χ1) is 21.5. The fourth-order valence-electron chi connectivity index (χ4n) is 5.68. The Morgan fingerprint density at radius 1 is 0.761 bits per heavy atom. The standard InChI is InChI=1S/C31H52N12O3/c1-16-8-9-17(12-22(16)44)36-26-19(14-34-28(39-26)41-30(2,3)4)24(32)38-21-11-10-18(13-23(21)45)37-27-20(25(33)43-46)15-35-29(40-27)42-31(5,6)7/h14-18,21-23,44-46H,8-13H2,1-7H3,(H2,32,38)(H2,33,43)(H2,34,36,39,41)(H2,35,37,40,42)/t16-,17-,18-,21-,22-,23-/m1/s1. The Morgan fingerprint density at radius 2 is 1.24 bits per heavy atom. The van der Waals surface area contributed by atoms with Crippen LogP contribution in [-0.2, 0) is 0 Å². The highest BCUT2D eigenvalue weighted by Crippen LogP contribution is 2.29. The highest BCUT2D eigenvalue weighted by Gasteiger charge is 2.31. The number of aliphatic hydroxyl groups is 2. The maximum absolute atomic E-state index is 11.2. The monoisotopic (exact) mass is 640 g/mol.